The molecule has 5 nitrogen and oxygen atoms in total. The molecule has 0 amide bonds. The average molecular weight is 265 g/mol. The Hall–Kier alpha value is -1.69. The highest BCUT2D eigenvalue weighted by atomic mass is 32.1. The van der Waals surface area contributed by atoms with Gasteiger partial charge >= 0.3 is 5.97 Å². The molecule has 2 N–H and O–H groups in total. The fraction of sp³-hybridized carbons (Fsp3) is 0.417. The second-order valence-electron chi connectivity index (χ2n) is 4.32. The molecule has 0 bridgehead atoms. The van der Waals surface area contributed by atoms with E-state index in [-0.39, 0.29) is 6.42 Å². The quantitative estimate of drug-likeness (QED) is 0.869. The molecule has 0 aliphatic heterocycles. The molecule has 0 radical (unpaired) electrons. The van der Waals surface area contributed by atoms with E-state index in [2.05, 4.69) is 29.1 Å². The number of carboxylic acids is 1. The van der Waals surface area contributed by atoms with Crippen molar-refractivity contribution >= 4 is 33.5 Å². The van der Waals surface area contributed by atoms with Crippen molar-refractivity contribution in [2.75, 3.05) is 5.32 Å². The lowest BCUT2D eigenvalue weighted by molar-refractivity contribution is -0.136. The number of hydrogen-bond donors (Lipinski definition) is 2. The smallest absolute Gasteiger partial charge is 0.303 e. The van der Waals surface area contributed by atoms with Gasteiger partial charge in [-0.05, 0) is 26.0 Å². The zero-order chi connectivity index (χ0) is 13.1. The molecule has 18 heavy (non-hydrogen) atoms. The standard InChI is InChI=1S/C12H15N3O2S/c1-7(2)13-9-4-3-8-12(15-9)18-10(14-8)5-6-11(16)17/h3-4,7H,5-6H2,1-2H3,(H,13,15)(H,16,17). The number of aryl methyl sites for hydroxylation is 1. The van der Waals surface area contributed by atoms with Crippen LogP contribution in [-0.4, -0.2) is 27.1 Å². The molecule has 0 fully saturated rings. The first kappa shape index (κ1) is 12.8. The van der Waals surface area contributed by atoms with Crippen molar-refractivity contribution in [3.63, 3.8) is 0 Å². The van der Waals surface area contributed by atoms with Gasteiger partial charge in [0.2, 0.25) is 0 Å². The lowest BCUT2D eigenvalue weighted by Gasteiger charge is -2.07. The Bertz CT molecular complexity index is 565. The van der Waals surface area contributed by atoms with Gasteiger partial charge in [-0.15, -0.1) is 0 Å². The van der Waals surface area contributed by atoms with Crippen LogP contribution in [0.5, 0.6) is 0 Å². The van der Waals surface area contributed by atoms with Crippen molar-refractivity contribution in [3.05, 3.63) is 17.1 Å². The molecular weight excluding hydrogens is 250 g/mol. The Morgan fingerprint density at radius 2 is 2.22 bits per heavy atom. The molecule has 2 rings (SSSR count). The summed E-state index contributed by atoms with van der Waals surface area (Å²) in [5.41, 5.74) is 0.828. The van der Waals surface area contributed by atoms with E-state index < -0.39 is 5.97 Å². The summed E-state index contributed by atoms with van der Waals surface area (Å²) in [5, 5.41) is 12.7. The minimum atomic E-state index is -0.802. The van der Waals surface area contributed by atoms with Crippen molar-refractivity contribution in [2.24, 2.45) is 0 Å². The monoisotopic (exact) mass is 265 g/mol. The maximum atomic E-state index is 10.5. The van der Waals surface area contributed by atoms with Crippen molar-refractivity contribution in [3.8, 4) is 0 Å². The summed E-state index contributed by atoms with van der Waals surface area (Å²) in [5.74, 6) is 0.0234. The fourth-order valence-corrected chi connectivity index (χ4v) is 2.49. The second kappa shape index (κ2) is 5.30. The Morgan fingerprint density at radius 3 is 2.89 bits per heavy atom. The van der Waals surface area contributed by atoms with E-state index in [1.807, 2.05) is 12.1 Å². The Balaban J connectivity index is 2.19. The molecule has 0 spiro atoms. The summed E-state index contributed by atoms with van der Waals surface area (Å²) in [6.45, 7) is 4.10. The molecule has 2 aromatic heterocycles. The topological polar surface area (TPSA) is 75.1 Å². The maximum absolute atomic E-state index is 10.5. The van der Waals surface area contributed by atoms with Gasteiger partial charge < -0.3 is 10.4 Å². The van der Waals surface area contributed by atoms with Crippen LogP contribution in [-0.2, 0) is 11.2 Å². The third kappa shape index (κ3) is 3.16. The van der Waals surface area contributed by atoms with Crippen LogP contribution >= 0.6 is 11.3 Å². The number of pyridine rings is 1. The van der Waals surface area contributed by atoms with Crippen LogP contribution in [0.25, 0.3) is 10.3 Å². The number of nitrogens with one attached hydrogen (secondary N) is 1. The van der Waals surface area contributed by atoms with Crippen LogP contribution in [0.4, 0.5) is 5.82 Å². The minimum absolute atomic E-state index is 0.108. The zero-order valence-electron chi connectivity index (χ0n) is 10.3. The first-order chi connectivity index (χ1) is 8.54. The van der Waals surface area contributed by atoms with Crippen LogP contribution in [0.15, 0.2) is 12.1 Å². The van der Waals surface area contributed by atoms with Gasteiger partial charge in [0.25, 0.3) is 0 Å². The summed E-state index contributed by atoms with van der Waals surface area (Å²) in [7, 11) is 0. The second-order valence-corrected chi connectivity index (χ2v) is 5.38. The molecule has 0 saturated heterocycles. The van der Waals surface area contributed by atoms with Crippen molar-refractivity contribution in [2.45, 2.75) is 32.7 Å². The first-order valence-electron chi connectivity index (χ1n) is 5.79. The minimum Gasteiger partial charge on any atom is -0.481 e. The third-order valence-electron chi connectivity index (χ3n) is 2.29. The SMILES string of the molecule is CC(C)Nc1ccc2nc(CCC(=O)O)sc2n1. The van der Waals surface area contributed by atoms with Crippen molar-refractivity contribution in [1.82, 2.24) is 9.97 Å². The van der Waals surface area contributed by atoms with Gasteiger partial charge in [-0.1, -0.05) is 11.3 Å². The predicted molar refractivity (Wildman–Crippen MR) is 72.1 cm³/mol. The number of hydrogen-bond acceptors (Lipinski definition) is 5. The number of carboxylic acid groups (broad SMARTS) is 1. The summed E-state index contributed by atoms with van der Waals surface area (Å²) >= 11 is 1.45. The molecule has 0 aliphatic rings. The van der Waals surface area contributed by atoms with Crippen molar-refractivity contribution < 1.29 is 9.90 Å². The molecule has 0 aliphatic carbocycles. The number of carbonyl (C=O) groups is 1. The Kier molecular flexibility index (Phi) is 3.76. The van der Waals surface area contributed by atoms with Gasteiger partial charge in [0.1, 0.15) is 16.2 Å². The van der Waals surface area contributed by atoms with Gasteiger partial charge in [0.05, 0.1) is 11.4 Å². The number of rotatable bonds is 5. The van der Waals surface area contributed by atoms with Crippen LogP contribution < -0.4 is 5.32 Å². The highest BCUT2D eigenvalue weighted by molar-refractivity contribution is 7.18. The van der Waals surface area contributed by atoms with E-state index in [0.717, 1.165) is 21.2 Å². The van der Waals surface area contributed by atoms with Crippen LogP contribution in [0.2, 0.25) is 0 Å². The summed E-state index contributed by atoms with van der Waals surface area (Å²) in [6, 6.07) is 4.13. The molecule has 6 heteroatoms. The molecule has 0 unspecified atom stereocenters. The Morgan fingerprint density at radius 1 is 1.44 bits per heavy atom. The first-order valence-corrected chi connectivity index (χ1v) is 6.61. The van der Waals surface area contributed by atoms with Crippen LogP contribution in [0.3, 0.4) is 0 Å². The maximum Gasteiger partial charge on any atom is 0.303 e. The highest BCUT2D eigenvalue weighted by Crippen LogP contribution is 2.23. The van der Waals surface area contributed by atoms with Gasteiger partial charge in [-0.25, -0.2) is 9.97 Å². The van der Waals surface area contributed by atoms with E-state index >= 15 is 0 Å². The number of aliphatic carboxylic acids is 1. The normalized spacial score (nSPS) is 11.1. The van der Waals surface area contributed by atoms with E-state index in [1.165, 1.54) is 11.3 Å². The van der Waals surface area contributed by atoms with E-state index in [4.69, 9.17) is 5.11 Å². The number of thiazole rings is 1. The number of aromatic nitrogens is 2. The van der Waals surface area contributed by atoms with Crippen LogP contribution in [0, 0.1) is 0 Å². The lowest BCUT2D eigenvalue weighted by Crippen LogP contribution is -2.10. The van der Waals surface area contributed by atoms with E-state index in [1.54, 1.807) is 0 Å². The third-order valence-corrected chi connectivity index (χ3v) is 3.31. The van der Waals surface area contributed by atoms with Crippen molar-refractivity contribution in [1.29, 1.82) is 0 Å². The molecular formula is C12H15N3O2S. The van der Waals surface area contributed by atoms with E-state index in [9.17, 15) is 4.79 Å². The molecule has 96 valence electrons. The van der Waals surface area contributed by atoms with Gasteiger partial charge in [0.15, 0.2) is 0 Å². The predicted octanol–water partition coefficient (Wildman–Crippen LogP) is 2.53. The lowest BCUT2D eigenvalue weighted by atomic mass is 10.3. The zero-order valence-corrected chi connectivity index (χ0v) is 11.1. The molecule has 0 saturated carbocycles. The van der Waals surface area contributed by atoms with Gasteiger partial charge in [-0.3, -0.25) is 4.79 Å². The summed E-state index contributed by atoms with van der Waals surface area (Å²) in [6.07, 6.45) is 0.570. The number of anilines is 1. The molecule has 2 heterocycles. The van der Waals surface area contributed by atoms with Gasteiger partial charge in [0, 0.05) is 12.5 Å². The van der Waals surface area contributed by atoms with E-state index in [0.29, 0.717) is 12.5 Å². The largest absolute Gasteiger partial charge is 0.481 e. The molecule has 0 atom stereocenters. The Labute approximate surface area is 109 Å². The molecule has 2 aromatic rings. The number of nitrogens with zero attached hydrogens (tertiary/aromatic N) is 2. The summed E-state index contributed by atoms with van der Waals surface area (Å²) in [4.78, 5) is 20.2. The average Bonchev–Trinajstić information content (AvgIpc) is 2.67. The fourth-order valence-electron chi connectivity index (χ4n) is 1.56. The molecule has 0 aromatic carbocycles. The highest BCUT2D eigenvalue weighted by Gasteiger charge is 2.08. The summed E-state index contributed by atoms with van der Waals surface area (Å²) < 4.78 is 0. The number of fused-ring (bicyclic) bond motifs is 1. The van der Waals surface area contributed by atoms with Crippen LogP contribution in [0.1, 0.15) is 25.3 Å². The van der Waals surface area contributed by atoms with Gasteiger partial charge in [-0.2, -0.15) is 0 Å².